The number of carbonyl (C=O) groups is 1. The number of anilines is 1. The highest BCUT2D eigenvalue weighted by atomic mass is 16.6. The maximum atomic E-state index is 12.0. The lowest BCUT2D eigenvalue weighted by Gasteiger charge is -2.38. The van der Waals surface area contributed by atoms with Crippen molar-refractivity contribution < 1.29 is 14.5 Å². The molecular formula is C16H24N4O4. The topological polar surface area (TPSA) is 97.6 Å². The van der Waals surface area contributed by atoms with Crippen molar-refractivity contribution >= 4 is 17.5 Å². The summed E-state index contributed by atoms with van der Waals surface area (Å²) in [6.45, 7) is 8.67. The Kier molecular flexibility index (Phi) is 5.26. The van der Waals surface area contributed by atoms with Crippen molar-refractivity contribution in [2.24, 2.45) is 5.92 Å². The molecule has 1 aromatic rings. The third-order valence-corrected chi connectivity index (χ3v) is 3.70. The number of hydrogen-bond donors (Lipinski definition) is 1. The molecule has 8 heteroatoms. The summed E-state index contributed by atoms with van der Waals surface area (Å²) in [6, 6.07) is 1.51. The number of hydrogen-bond acceptors (Lipinski definition) is 6. The number of nitrogens with zero attached hydrogens (tertiary/aromatic N) is 3. The Labute approximate surface area is 141 Å². The van der Waals surface area contributed by atoms with Gasteiger partial charge in [0.25, 0.3) is 0 Å². The van der Waals surface area contributed by atoms with E-state index in [0.717, 1.165) is 6.42 Å². The molecule has 2 rings (SSSR count). The van der Waals surface area contributed by atoms with E-state index in [2.05, 4.69) is 17.2 Å². The second-order valence-corrected chi connectivity index (χ2v) is 7.21. The molecule has 2 heterocycles. The summed E-state index contributed by atoms with van der Waals surface area (Å²) in [7, 11) is 0. The Morgan fingerprint density at radius 3 is 2.79 bits per heavy atom. The lowest BCUT2D eigenvalue weighted by atomic mass is 9.95. The van der Waals surface area contributed by atoms with Gasteiger partial charge in [0.05, 0.1) is 4.92 Å². The number of nitrogens with one attached hydrogen (secondary N) is 1. The van der Waals surface area contributed by atoms with Crippen LogP contribution in [-0.4, -0.2) is 40.7 Å². The number of nitro groups is 1. The fourth-order valence-electron chi connectivity index (χ4n) is 2.91. The summed E-state index contributed by atoms with van der Waals surface area (Å²) in [5.74, 6) is 0.284. The van der Waals surface area contributed by atoms with Gasteiger partial charge >= 0.3 is 11.8 Å². The number of carbonyl (C=O) groups excluding carboxylic acids is 1. The quantitative estimate of drug-likeness (QED) is 0.673. The van der Waals surface area contributed by atoms with Crippen LogP contribution in [0.15, 0.2) is 18.5 Å². The predicted molar refractivity (Wildman–Crippen MR) is 90.0 cm³/mol. The van der Waals surface area contributed by atoms with E-state index in [-0.39, 0.29) is 17.6 Å². The van der Waals surface area contributed by atoms with Gasteiger partial charge in [0, 0.05) is 25.3 Å². The molecule has 24 heavy (non-hydrogen) atoms. The Hall–Kier alpha value is -2.38. The summed E-state index contributed by atoms with van der Waals surface area (Å²) < 4.78 is 5.29. The van der Waals surface area contributed by atoms with Crippen LogP contribution in [0.2, 0.25) is 0 Å². The molecule has 1 amide bonds. The maximum absolute atomic E-state index is 12.0. The molecule has 2 unspecified atom stereocenters. The molecule has 0 bridgehead atoms. The van der Waals surface area contributed by atoms with E-state index < -0.39 is 16.6 Å². The Bertz CT molecular complexity index is 614. The van der Waals surface area contributed by atoms with Crippen molar-refractivity contribution in [3.63, 3.8) is 0 Å². The number of ether oxygens (including phenoxy) is 1. The van der Waals surface area contributed by atoms with Crippen LogP contribution in [0.25, 0.3) is 0 Å². The number of alkyl carbamates (subject to hydrolysis) is 1. The van der Waals surface area contributed by atoms with Gasteiger partial charge in [-0.1, -0.05) is 6.92 Å². The van der Waals surface area contributed by atoms with Crippen molar-refractivity contribution in [1.29, 1.82) is 0 Å². The van der Waals surface area contributed by atoms with Crippen molar-refractivity contribution in [2.75, 3.05) is 18.0 Å². The van der Waals surface area contributed by atoms with E-state index in [1.165, 1.54) is 12.4 Å². The van der Waals surface area contributed by atoms with Crippen LogP contribution < -0.4 is 10.2 Å². The van der Waals surface area contributed by atoms with E-state index in [9.17, 15) is 14.9 Å². The van der Waals surface area contributed by atoms with Crippen molar-refractivity contribution in [3.8, 4) is 0 Å². The van der Waals surface area contributed by atoms with Gasteiger partial charge in [-0.3, -0.25) is 15.1 Å². The number of rotatable bonds is 3. The van der Waals surface area contributed by atoms with Crippen LogP contribution in [0.5, 0.6) is 0 Å². The van der Waals surface area contributed by atoms with Crippen LogP contribution in [0.3, 0.4) is 0 Å². The zero-order valence-electron chi connectivity index (χ0n) is 14.5. The summed E-state index contributed by atoms with van der Waals surface area (Å²) in [5.41, 5.74) is -0.0614. The minimum atomic E-state index is -0.562. The molecule has 1 aliphatic heterocycles. The highest BCUT2D eigenvalue weighted by molar-refractivity contribution is 5.68. The van der Waals surface area contributed by atoms with Gasteiger partial charge in [-0.05, 0) is 39.2 Å². The Morgan fingerprint density at radius 1 is 1.46 bits per heavy atom. The van der Waals surface area contributed by atoms with Gasteiger partial charge in [0.1, 0.15) is 17.5 Å². The smallest absolute Gasteiger partial charge is 0.407 e. The van der Waals surface area contributed by atoms with Crippen LogP contribution in [0.1, 0.15) is 34.1 Å². The highest BCUT2D eigenvalue weighted by Gasteiger charge is 2.30. The lowest BCUT2D eigenvalue weighted by molar-refractivity contribution is -0.384. The average molecular weight is 336 g/mol. The molecule has 8 nitrogen and oxygen atoms in total. The van der Waals surface area contributed by atoms with E-state index >= 15 is 0 Å². The first-order chi connectivity index (χ1) is 11.2. The minimum Gasteiger partial charge on any atom is -0.444 e. The molecule has 0 aliphatic carbocycles. The Morgan fingerprint density at radius 2 is 2.17 bits per heavy atom. The average Bonchev–Trinajstić information content (AvgIpc) is 2.44. The van der Waals surface area contributed by atoms with E-state index in [4.69, 9.17) is 4.74 Å². The molecule has 0 aromatic carbocycles. The molecule has 0 radical (unpaired) electrons. The molecule has 2 atom stereocenters. The molecular weight excluding hydrogens is 312 g/mol. The van der Waals surface area contributed by atoms with Gasteiger partial charge in [0.2, 0.25) is 0 Å². The number of amides is 1. The maximum Gasteiger partial charge on any atom is 0.407 e. The second kappa shape index (κ2) is 7.02. The van der Waals surface area contributed by atoms with Crippen LogP contribution in [0, 0.1) is 16.0 Å². The Balaban J connectivity index is 2.11. The van der Waals surface area contributed by atoms with Gasteiger partial charge < -0.3 is 15.0 Å². The zero-order valence-corrected chi connectivity index (χ0v) is 14.5. The molecule has 1 saturated heterocycles. The molecule has 1 aliphatic rings. The fourth-order valence-corrected chi connectivity index (χ4v) is 2.91. The largest absolute Gasteiger partial charge is 0.444 e. The van der Waals surface area contributed by atoms with Crippen molar-refractivity contribution in [3.05, 3.63) is 28.6 Å². The van der Waals surface area contributed by atoms with Gasteiger partial charge in [0.15, 0.2) is 0 Å². The molecule has 1 N–H and O–H groups in total. The second-order valence-electron chi connectivity index (χ2n) is 7.21. The summed E-state index contributed by atoms with van der Waals surface area (Å²) >= 11 is 0. The lowest BCUT2D eigenvalue weighted by Crippen LogP contribution is -2.51. The van der Waals surface area contributed by atoms with Crippen molar-refractivity contribution in [1.82, 2.24) is 10.3 Å². The fraction of sp³-hybridized carbons (Fsp3) is 0.625. The zero-order chi connectivity index (χ0) is 17.9. The number of aromatic nitrogens is 1. The normalized spacial score (nSPS) is 21.2. The molecule has 1 aromatic heterocycles. The van der Waals surface area contributed by atoms with Crippen LogP contribution >= 0.6 is 0 Å². The minimum absolute atomic E-state index is 0.0254. The predicted octanol–water partition coefficient (Wildman–Crippen LogP) is 2.73. The molecule has 0 saturated carbocycles. The number of pyridine rings is 1. The van der Waals surface area contributed by atoms with E-state index in [1.807, 2.05) is 25.7 Å². The standard InChI is InChI=1S/C16H24N4O4/c1-11-7-12(18-15(21)24-16(2,3)4)10-19(9-11)13-5-6-17-8-14(13)20(22)23/h5-6,8,11-12H,7,9-10H2,1-4H3,(H,18,21). The van der Waals surface area contributed by atoms with Crippen LogP contribution in [-0.2, 0) is 4.74 Å². The SMILES string of the molecule is CC1CC(NC(=O)OC(C)(C)C)CN(c2ccncc2[N+](=O)[O-])C1. The molecule has 1 fully saturated rings. The van der Waals surface area contributed by atoms with Crippen LogP contribution in [0.4, 0.5) is 16.2 Å². The van der Waals surface area contributed by atoms with E-state index in [1.54, 1.807) is 6.07 Å². The van der Waals surface area contributed by atoms with Crippen molar-refractivity contribution in [2.45, 2.75) is 45.8 Å². The molecule has 0 spiro atoms. The van der Waals surface area contributed by atoms with Gasteiger partial charge in [-0.2, -0.15) is 0 Å². The monoisotopic (exact) mass is 336 g/mol. The highest BCUT2D eigenvalue weighted by Crippen LogP contribution is 2.30. The molecule has 132 valence electrons. The third-order valence-electron chi connectivity index (χ3n) is 3.70. The van der Waals surface area contributed by atoms with E-state index in [0.29, 0.717) is 18.8 Å². The first-order valence-corrected chi connectivity index (χ1v) is 7.98. The summed E-state index contributed by atoms with van der Waals surface area (Å²) in [4.78, 5) is 28.5. The number of piperidine rings is 1. The third kappa shape index (κ3) is 4.81. The van der Waals surface area contributed by atoms with Gasteiger partial charge in [-0.25, -0.2) is 4.79 Å². The first kappa shape index (κ1) is 18.0. The first-order valence-electron chi connectivity index (χ1n) is 7.98. The summed E-state index contributed by atoms with van der Waals surface area (Å²) in [5, 5.41) is 14.1. The summed E-state index contributed by atoms with van der Waals surface area (Å²) in [6.07, 6.45) is 3.13. The van der Waals surface area contributed by atoms with Gasteiger partial charge in [-0.15, -0.1) is 0 Å².